The number of aryl methyl sites for hydroxylation is 1. The fourth-order valence-electron chi connectivity index (χ4n) is 2.82. The largest absolute Gasteiger partial charge is 0.396 e. The van der Waals surface area contributed by atoms with Gasteiger partial charge in [-0.3, -0.25) is 4.98 Å². The molecule has 0 aliphatic rings. The summed E-state index contributed by atoms with van der Waals surface area (Å²) in [4.78, 5) is 8.87. The van der Waals surface area contributed by atoms with Gasteiger partial charge in [-0.1, -0.05) is 17.7 Å². The number of hydrogen-bond acceptors (Lipinski definition) is 4. The van der Waals surface area contributed by atoms with Crippen LogP contribution in [0.2, 0.25) is 5.02 Å². The molecule has 0 amide bonds. The molecule has 146 valence electrons. The third-order valence-electron chi connectivity index (χ3n) is 4.17. The molecule has 0 saturated carbocycles. The highest BCUT2D eigenvalue weighted by molar-refractivity contribution is 6.33. The molecule has 0 spiro atoms. The normalized spacial score (nSPS) is 10.9. The number of rotatable bonds is 8. The molecular formula is C21H20ClF2N3O. The monoisotopic (exact) mass is 403 g/mol. The van der Waals surface area contributed by atoms with Gasteiger partial charge in [0.15, 0.2) is 0 Å². The number of nitrogens with one attached hydrogen (secondary N) is 1. The molecule has 4 nitrogen and oxygen atoms in total. The molecule has 3 aromatic rings. The van der Waals surface area contributed by atoms with Crippen LogP contribution in [0, 0.1) is 11.6 Å². The molecule has 2 N–H and O–H groups in total. The van der Waals surface area contributed by atoms with E-state index in [0.717, 1.165) is 36.6 Å². The molecule has 1 aromatic carbocycles. The lowest BCUT2D eigenvalue weighted by Crippen LogP contribution is -2.03. The molecule has 0 fully saturated rings. The second-order valence-electron chi connectivity index (χ2n) is 6.38. The molecule has 0 atom stereocenters. The van der Waals surface area contributed by atoms with E-state index in [1.807, 2.05) is 18.2 Å². The second-order valence-corrected chi connectivity index (χ2v) is 6.78. The smallest absolute Gasteiger partial charge is 0.126 e. The van der Waals surface area contributed by atoms with Gasteiger partial charge in [0.1, 0.15) is 17.5 Å². The van der Waals surface area contributed by atoms with Crippen LogP contribution in [0.15, 0.2) is 48.7 Å². The first-order chi connectivity index (χ1) is 13.5. The van der Waals surface area contributed by atoms with E-state index in [4.69, 9.17) is 16.7 Å². The van der Waals surface area contributed by atoms with Crippen molar-refractivity contribution in [1.82, 2.24) is 9.97 Å². The zero-order chi connectivity index (χ0) is 19.9. The van der Waals surface area contributed by atoms with Gasteiger partial charge >= 0.3 is 0 Å². The number of aliphatic hydroxyl groups excluding tert-OH is 1. The summed E-state index contributed by atoms with van der Waals surface area (Å²) in [5.41, 5.74) is 2.79. The fourth-order valence-corrected chi connectivity index (χ4v) is 3.02. The van der Waals surface area contributed by atoms with E-state index in [1.54, 1.807) is 12.3 Å². The van der Waals surface area contributed by atoms with E-state index in [0.29, 0.717) is 22.1 Å². The summed E-state index contributed by atoms with van der Waals surface area (Å²) in [6, 6.07) is 10.7. The van der Waals surface area contributed by atoms with Gasteiger partial charge in [0, 0.05) is 36.7 Å². The number of anilines is 1. The lowest BCUT2D eigenvalue weighted by Gasteiger charge is -2.10. The molecule has 28 heavy (non-hydrogen) atoms. The summed E-state index contributed by atoms with van der Waals surface area (Å²) in [6.45, 7) is 0.395. The average Bonchev–Trinajstić information content (AvgIpc) is 2.67. The summed E-state index contributed by atoms with van der Waals surface area (Å²) in [7, 11) is 0. The van der Waals surface area contributed by atoms with Crippen molar-refractivity contribution in [3.8, 4) is 11.3 Å². The third kappa shape index (κ3) is 5.47. The molecule has 0 bridgehead atoms. The van der Waals surface area contributed by atoms with Gasteiger partial charge in [0.25, 0.3) is 0 Å². The number of aliphatic hydroxyl groups is 1. The van der Waals surface area contributed by atoms with Crippen molar-refractivity contribution in [2.75, 3.05) is 11.9 Å². The van der Waals surface area contributed by atoms with Crippen LogP contribution in [0.4, 0.5) is 14.6 Å². The molecule has 0 unspecified atom stereocenters. The summed E-state index contributed by atoms with van der Waals surface area (Å²) in [5.74, 6) is -0.663. The predicted molar refractivity (Wildman–Crippen MR) is 106 cm³/mol. The number of aromatic nitrogens is 2. The van der Waals surface area contributed by atoms with Crippen molar-refractivity contribution in [3.63, 3.8) is 0 Å². The molecule has 0 radical (unpaired) electrons. The average molecular weight is 404 g/mol. The van der Waals surface area contributed by atoms with Crippen LogP contribution < -0.4 is 5.32 Å². The zero-order valence-electron chi connectivity index (χ0n) is 15.1. The Balaban J connectivity index is 1.76. The summed E-state index contributed by atoms with van der Waals surface area (Å²) in [5, 5.41) is 12.5. The Labute approximate surface area is 167 Å². The molecule has 7 heteroatoms. The Bertz CT molecular complexity index is 932. The highest BCUT2D eigenvalue weighted by Gasteiger charge is 2.09. The van der Waals surface area contributed by atoms with Crippen molar-refractivity contribution < 1.29 is 13.9 Å². The van der Waals surface area contributed by atoms with Gasteiger partial charge in [-0.2, -0.15) is 0 Å². The van der Waals surface area contributed by atoms with Gasteiger partial charge in [-0.15, -0.1) is 0 Å². The van der Waals surface area contributed by atoms with Crippen LogP contribution in [0.3, 0.4) is 0 Å². The standard InChI is InChI=1S/C21H20ClF2N3O/c22-19-13-25-17(4-1-2-7-28)11-18(19)20-5-3-6-21(27-20)26-12-14-8-15(23)10-16(24)9-14/h3,5-6,8-11,13,28H,1-2,4,7,12H2,(H,26,27). The van der Waals surface area contributed by atoms with Crippen molar-refractivity contribution >= 4 is 17.4 Å². The minimum atomic E-state index is -0.615. The zero-order valence-corrected chi connectivity index (χ0v) is 15.9. The molecule has 0 saturated heterocycles. The summed E-state index contributed by atoms with van der Waals surface area (Å²) >= 11 is 6.31. The molecular weight excluding hydrogens is 384 g/mol. The summed E-state index contributed by atoms with van der Waals surface area (Å²) in [6.07, 6.45) is 3.90. The molecule has 2 aromatic heterocycles. The molecule has 0 aliphatic heterocycles. The summed E-state index contributed by atoms with van der Waals surface area (Å²) < 4.78 is 26.6. The van der Waals surface area contributed by atoms with Gasteiger partial charge in [-0.05, 0) is 55.2 Å². The van der Waals surface area contributed by atoms with Crippen molar-refractivity contribution in [3.05, 3.63) is 76.6 Å². The predicted octanol–water partition coefficient (Wildman–Crippen LogP) is 5.00. The number of pyridine rings is 2. The Morgan fingerprint density at radius 2 is 1.82 bits per heavy atom. The second kappa shape index (κ2) is 9.57. The van der Waals surface area contributed by atoms with Gasteiger partial charge in [-0.25, -0.2) is 13.8 Å². The third-order valence-corrected chi connectivity index (χ3v) is 4.48. The van der Waals surface area contributed by atoms with Gasteiger partial charge < -0.3 is 10.4 Å². The first-order valence-electron chi connectivity index (χ1n) is 8.96. The lowest BCUT2D eigenvalue weighted by molar-refractivity contribution is 0.284. The fraction of sp³-hybridized carbons (Fsp3) is 0.238. The Morgan fingerprint density at radius 1 is 1.04 bits per heavy atom. The van der Waals surface area contributed by atoms with Gasteiger partial charge in [0.2, 0.25) is 0 Å². The molecule has 2 heterocycles. The van der Waals surface area contributed by atoms with Crippen molar-refractivity contribution in [2.45, 2.75) is 25.8 Å². The van der Waals surface area contributed by atoms with E-state index in [2.05, 4.69) is 15.3 Å². The highest BCUT2D eigenvalue weighted by Crippen LogP contribution is 2.28. The van der Waals surface area contributed by atoms with Gasteiger partial charge in [0.05, 0.1) is 10.7 Å². The maximum absolute atomic E-state index is 13.3. The number of hydrogen-bond donors (Lipinski definition) is 2. The van der Waals surface area contributed by atoms with Crippen LogP contribution in [-0.4, -0.2) is 21.7 Å². The minimum absolute atomic E-state index is 0.158. The lowest BCUT2D eigenvalue weighted by atomic mass is 10.1. The van der Waals surface area contributed by atoms with Crippen LogP contribution in [-0.2, 0) is 13.0 Å². The number of unbranched alkanes of at least 4 members (excludes halogenated alkanes) is 1. The van der Waals surface area contributed by atoms with Crippen molar-refractivity contribution in [1.29, 1.82) is 0 Å². The first-order valence-corrected chi connectivity index (χ1v) is 9.34. The Hall–Kier alpha value is -2.57. The van der Waals surface area contributed by atoms with Crippen molar-refractivity contribution in [2.24, 2.45) is 0 Å². The minimum Gasteiger partial charge on any atom is -0.396 e. The van der Waals surface area contributed by atoms with E-state index in [1.165, 1.54) is 12.1 Å². The van der Waals surface area contributed by atoms with Crippen LogP contribution in [0.5, 0.6) is 0 Å². The van der Waals surface area contributed by atoms with E-state index < -0.39 is 11.6 Å². The Kier molecular flexibility index (Phi) is 6.90. The topological polar surface area (TPSA) is 58.0 Å². The maximum atomic E-state index is 13.3. The number of halogens is 3. The van der Waals surface area contributed by atoms with E-state index >= 15 is 0 Å². The first kappa shape index (κ1) is 20.2. The molecule has 3 rings (SSSR count). The quantitative estimate of drug-likeness (QED) is 0.519. The number of benzene rings is 1. The SMILES string of the molecule is OCCCCc1cc(-c2cccc(NCc3cc(F)cc(F)c3)n2)c(Cl)cn1. The van der Waals surface area contributed by atoms with Crippen LogP contribution in [0.25, 0.3) is 11.3 Å². The highest BCUT2D eigenvalue weighted by atomic mass is 35.5. The molecule has 0 aliphatic carbocycles. The van der Waals surface area contributed by atoms with Crippen LogP contribution in [0.1, 0.15) is 24.1 Å². The maximum Gasteiger partial charge on any atom is 0.126 e. The van der Waals surface area contributed by atoms with E-state index in [9.17, 15) is 8.78 Å². The van der Waals surface area contributed by atoms with E-state index in [-0.39, 0.29) is 13.2 Å². The number of nitrogens with zero attached hydrogens (tertiary/aromatic N) is 2. The van der Waals surface area contributed by atoms with Crippen LogP contribution >= 0.6 is 11.6 Å². The Morgan fingerprint density at radius 3 is 2.57 bits per heavy atom.